The highest BCUT2D eigenvalue weighted by molar-refractivity contribution is 6.30. The van der Waals surface area contributed by atoms with Gasteiger partial charge in [0.25, 0.3) is 0 Å². The zero-order valence-electron chi connectivity index (χ0n) is 14.8. The molecule has 0 aliphatic carbocycles. The van der Waals surface area contributed by atoms with Gasteiger partial charge in [0.1, 0.15) is 18.8 Å². The molecular weight excluding hydrogens is 362 g/mol. The van der Waals surface area contributed by atoms with Gasteiger partial charge in [0.2, 0.25) is 5.88 Å². The van der Waals surface area contributed by atoms with Crippen LogP contribution >= 0.6 is 11.6 Å². The number of aryl methyl sites for hydroxylation is 1. The van der Waals surface area contributed by atoms with E-state index >= 15 is 0 Å². The minimum Gasteiger partial charge on any atom is -0.475 e. The van der Waals surface area contributed by atoms with Crippen molar-refractivity contribution in [2.24, 2.45) is 7.05 Å². The van der Waals surface area contributed by atoms with Crippen LogP contribution in [0.3, 0.4) is 0 Å². The fourth-order valence-corrected chi connectivity index (χ4v) is 3.00. The number of nitrogens with zero attached hydrogens (tertiary/aromatic N) is 4. The van der Waals surface area contributed by atoms with Gasteiger partial charge in [-0.3, -0.25) is 4.68 Å². The van der Waals surface area contributed by atoms with Crippen LogP contribution in [-0.4, -0.2) is 32.9 Å². The molecule has 0 unspecified atom stereocenters. The van der Waals surface area contributed by atoms with Gasteiger partial charge in [-0.25, -0.2) is 9.97 Å². The Morgan fingerprint density at radius 1 is 1.07 bits per heavy atom. The highest BCUT2D eigenvalue weighted by Gasteiger charge is 2.08. The molecule has 4 aromatic rings. The molecule has 2 heterocycles. The maximum Gasteiger partial charge on any atom is 0.233 e. The highest BCUT2D eigenvalue weighted by atomic mass is 35.5. The van der Waals surface area contributed by atoms with Crippen LogP contribution in [-0.2, 0) is 7.05 Å². The molecule has 0 radical (unpaired) electrons. The number of hydrogen-bond donors (Lipinski definition) is 1. The molecule has 7 heteroatoms. The van der Waals surface area contributed by atoms with E-state index in [1.807, 2.05) is 61.6 Å². The third-order valence-electron chi connectivity index (χ3n) is 4.18. The van der Waals surface area contributed by atoms with Gasteiger partial charge in [0.05, 0.1) is 17.8 Å². The maximum absolute atomic E-state index is 5.95. The van der Waals surface area contributed by atoms with Crippen molar-refractivity contribution in [3.05, 3.63) is 65.9 Å². The van der Waals surface area contributed by atoms with Gasteiger partial charge in [0.15, 0.2) is 0 Å². The van der Waals surface area contributed by atoms with Crippen LogP contribution in [0, 0.1) is 0 Å². The molecule has 1 N–H and O–H groups in total. The van der Waals surface area contributed by atoms with E-state index in [2.05, 4.69) is 20.4 Å². The summed E-state index contributed by atoms with van der Waals surface area (Å²) in [6.45, 7) is 1.07. The van der Waals surface area contributed by atoms with Crippen molar-refractivity contribution in [3.63, 3.8) is 0 Å². The van der Waals surface area contributed by atoms with Gasteiger partial charge < -0.3 is 10.1 Å². The van der Waals surface area contributed by atoms with E-state index in [-0.39, 0.29) is 0 Å². The highest BCUT2D eigenvalue weighted by Crippen LogP contribution is 2.24. The Hall–Kier alpha value is -3.12. The molecule has 0 spiro atoms. The van der Waals surface area contributed by atoms with E-state index in [1.165, 1.54) is 0 Å². The first-order chi connectivity index (χ1) is 13.2. The molecule has 136 valence electrons. The van der Waals surface area contributed by atoms with E-state index < -0.39 is 0 Å². The fourth-order valence-electron chi connectivity index (χ4n) is 2.87. The number of benzene rings is 2. The Morgan fingerprint density at radius 2 is 1.89 bits per heavy atom. The lowest BCUT2D eigenvalue weighted by Crippen LogP contribution is -2.13. The minimum atomic E-state index is 0.468. The van der Waals surface area contributed by atoms with Crippen LogP contribution < -0.4 is 10.1 Å². The van der Waals surface area contributed by atoms with Crippen molar-refractivity contribution in [2.75, 3.05) is 18.5 Å². The van der Waals surface area contributed by atoms with Crippen LogP contribution in [0.25, 0.3) is 22.2 Å². The summed E-state index contributed by atoms with van der Waals surface area (Å²) in [6.07, 6.45) is 1.56. The van der Waals surface area contributed by atoms with Crippen molar-refractivity contribution in [3.8, 4) is 17.1 Å². The lowest BCUT2D eigenvalue weighted by atomic mass is 10.1. The Morgan fingerprint density at radius 3 is 2.74 bits per heavy atom. The summed E-state index contributed by atoms with van der Waals surface area (Å²) in [6, 6.07) is 17.5. The zero-order valence-corrected chi connectivity index (χ0v) is 15.5. The third kappa shape index (κ3) is 3.85. The molecule has 0 aliphatic rings. The Bertz CT molecular complexity index is 1060. The first-order valence-electron chi connectivity index (χ1n) is 8.57. The first kappa shape index (κ1) is 17.3. The molecule has 27 heavy (non-hydrogen) atoms. The summed E-state index contributed by atoms with van der Waals surface area (Å²) in [5, 5.41) is 9.40. The number of fused-ring (bicyclic) bond motifs is 1. The molecular formula is C20H18ClN5O. The zero-order chi connectivity index (χ0) is 18.6. The summed E-state index contributed by atoms with van der Waals surface area (Å²) in [5.41, 5.74) is 2.92. The van der Waals surface area contributed by atoms with Gasteiger partial charge in [-0.05, 0) is 24.3 Å². The second-order valence-electron chi connectivity index (χ2n) is 6.01. The number of aromatic nitrogens is 4. The number of nitrogens with one attached hydrogen (secondary N) is 1. The maximum atomic E-state index is 5.95. The molecule has 0 atom stereocenters. The molecule has 2 aromatic heterocycles. The predicted molar refractivity (Wildman–Crippen MR) is 107 cm³/mol. The average molecular weight is 380 g/mol. The molecule has 0 saturated carbocycles. The summed E-state index contributed by atoms with van der Waals surface area (Å²) in [7, 11) is 1.89. The lowest BCUT2D eigenvalue weighted by Gasteiger charge is -2.08. The first-order valence-corrected chi connectivity index (χ1v) is 8.95. The molecule has 0 saturated heterocycles. The van der Waals surface area contributed by atoms with Gasteiger partial charge >= 0.3 is 0 Å². The Balaban J connectivity index is 1.38. The fraction of sp³-hybridized carbons (Fsp3) is 0.150. The van der Waals surface area contributed by atoms with Crippen LogP contribution in [0.15, 0.2) is 60.9 Å². The van der Waals surface area contributed by atoms with E-state index in [9.17, 15) is 0 Å². The van der Waals surface area contributed by atoms with E-state index in [0.29, 0.717) is 24.1 Å². The number of para-hydroxylation sites is 1. The monoisotopic (exact) mass is 379 g/mol. The number of rotatable bonds is 6. The quantitative estimate of drug-likeness (QED) is 0.509. The SMILES string of the molecule is Cn1nc(OCCNc2ncnc3ccccc23)cc1-c1ccc(Cl)cc1. The van der Waals surface area contributed by atoms with E-state index in [1.54, 1.807) is 11.0 Å². The van der Waals surface area contributed by atoms with Crippen LogP contribution in [0.4, 0.5) is 5.82 Å². The van der Waals surface area contributed by atoms with Crippen molar-refractivity contribution < 1.29 is 4.74 Å². The summed E-state index contributed by atoms with van der Waals surface area (Å²) >= 11 is 5.95. The Kier molecular flexibility index (Phi) is 4.89. The average Bonchev–Trinajstić information content (AvgIpc) is 3.06. The molecule has 0 aliphatic heterocycles. The van der Waals surface area contributed by atoms with Crippen molar-refractivity contribution in [1.29, 1.82) is 0 Å². The van der Waals surface area contributed by atoms with Crippen molar-refractivity contribution >= 4 is 28.3 Å². The molecule has 6 nitrogen and oxygen atoms in total. The second kappa shape index (κ2) is 7.63. The normalized spacial score (nSPS) is 10.9. The van der Waals surface area contributed by atoms with Crippen LogP contribution in [0.5, 0.6) is 5.88 Å². The third-order valence-corrected chi connectivity index (χ3v) is 4.44. The van der Waals surface area contributed by atoms with Gasteiger partial charge in [-0.15, -0.1) is 5.10 Å². The predicted octanol–water partition coefficient (Wildman–Crippen LogP) is 4.17. The van der Waals surface area contributed by atoms with Crippen LogP contribution in [0.2, 0.25) is 5.02 Å². The summed E-state index contributed by atoms with van der Waals surface area (Å²) in [5.74, 6) is 1.38. The smallest absolute Gasteiger partial charge is 0.233 e. The second-order valence-corrected chi connectivity index (χ2v) is 6.45. The topological polar surface area (TPSA) is 64.9 Å². The standard InChI is InChI=1S/C20H18ClN5O/c1-26-18(14-6-8-15(21)9-7-14)12-19(25-26)27-11-10-22-20-16-4-2-3-5-17(16)23-13-24-20/h2-9,12-13H,10-11H2,1H3,(H,22,23,24). The van der Waals surface area contributed by atoms with Crippen molar-refractivity contribution in [1.82, 2.24) is 19.7 Å². The molecule has 4 rings (SSSR count). The Labute approximate surface area is 161 Å². The number of hydrogen-bond acceptors (Lipinski definition) is 5. The lowest BCUT2D eigenvalue weighted by molar-refractivity contribution is 0.316. The molecule has 0 amide bonds. The van der Waals surface area contributed by atoms with Crippen LogP contribution in [0.1, 0.15) is 0 Å². The summed E-state index contributed by atoms with van der Waals surface area (Å²) < 4.78 is 7.58. The van der Waals surface area contributed by atoms with Gasteiger partial charge in [0, 0.05) is 29.1 Å². The largest absolute Gasteiger partial charge is 0.475 e. The number of anilines is 1. The van der Waals surface area contributed by atoms with Crippen molar-refractivity contribution in [2.45, 2.75) is 0 Å². The summed E-state index contributed by atoms with van der Waals surface area (Å²) in [4.78, 5) is 8.57. The van der Waals surface area contributed by atoms with Gasteiger partial charge in [-0.2, -0.15) is 0 Å². The number of halogens is 1. The molecule has 0 bridgehead atoms. The van der Waals surface area contributed by atoms with Gasteiger partial charge in [-0.1, -0.05) is 35.9 Å². The molecule has 0 fully saturated rings. The van der Waals surface area contributed by atoms with E-state index in [0.717, 1.165) is 28.0 Å². The number of ether oxygens (including phenoxy) is 1. The van der Waals surface area contributed by atoms with E-state index in [4.69, 9.17) is 16.3 Å². The minimum absolute atomic E-state index is 0.468. The molecule has 2 aromatic carbocycles.